The van der Waals surface area contributed by atoms with Crippen LogP contribution in [-0.4, -0.2) is 35.5 Å². The summed E-state index contributed by atoms with van der Waals surface area (Å²) in [5.41, 5.74) is 2.46. The molecule has 0 atom stereocenters. The molecule has 1 saturated heterocycles. The van der Waals surface area contributed by atoms with Gasteiger partial charge in [-0.2, -0.15) is 0 Å². The highest BCUT2D eigenvalue weighted by Gasteiger charge is 2.38. The van der Waals surface area contributed by atoms with Crippen molar-refractivity contribution in [3.63, 3.8) is 0 Å². The van der Waals surface area contributed by atoms with E-state index in [1.165, 1.54) is 20.1 Å². The number of carbonyl (C=O) groups excluding carboxylic acids is 1. The van der Waals surface area contributed by atoms with Crippen LogP contribution in [0.15, 0.2) is 63.2 Å². The SMILES string of the molecule is CCCNc1nc2ccc(C)cn2c(=O)c1C=C1SC(=S)N(c2c(C)n(C)n(-c3ccccc3)c2=O)C1=O. The van der Waals surface area contributed by atoms with Crippen molar-refractivity contribution in [3.8, 4) is 5.69 Å². The summed E-state index contributed by atoms with van der Waals surface area (Å²) in [7, 11) is 1.76. The number of carbonyl (C=O) groups is 1. The van der Waals surface area contributed by atoms with E-state index < -0.39 is 5.91 Å². The van der Waals surface area contributed by atoms with Gasteiger partial charge in [-0.25, -0.2) is 9.67 Å². The number of para-hydroxylation sites is 1. The maximum absolute atomic E-state index is 13.7. The van der Waals surface area contributed by atoms with Crippen LogP contribution < -0.4 is 21.3 Å². The van der Waals surface area contributed by atoms with Crippen LogP contribution in [0.25, 0.3) is 17.4 Å². The fraction of sp³-hybridized carbons (Fsp3) is 0.222. The lowest BCUT2D eigenvalue weighted by Gasteiger charge is -2.12. The summed E-state index contributed by atoms with van der Waals surface area (Å²) in [5.74, 6) is -0.0607. The number of hydrogen-bond donors (Lipinski definition) is 1. The van der Waals surface area contributed by atoms with Gasteiger partial charge < -0.3 is 5.32 Å². The molecule has 1 aromatic carbocycles. The first-order valence-corrected chi connectivity index (χ1v) is 13.3. The zero-order chi connectivity index (χ0) is 27.1. The third-order valence-electron chi connectivity index (χ3n) is 6.36. The maximum atomic E-state index is 13.7. The van der Waals surface area contributed by atoms with Gasteiger partial charge in [0.25, 0.3) is 17.0 Å². The summed E-state index contributed by atoms with van der Waals surface area (Å²) in [5, 5.41) is 3.21. The molecule has 0 unspecified atom stereocenters. The lowest BCUT2D eigenvalue weighted by atomic mass is 10.2. The van der Waals surface area contributed by atoms with Gasteiger partial charge in [0, 0.05) is 19.8 Å². The van der Waals surface area contributed by atoms with Crippen molar-refractivity contribution in [2.24, 2.45) is 7.05 Å². The number of thiocarbonyl (C=S) groups is 1. The number of amides is 1. The average molecular weight is 547 g/mol. The summed E-state index contributed by atoms with van der Waals surface area (Å²) >= 11 is 6.62. The molecule has 4 aromatic rings. The summed E-state index contributed by atoms with van der Waals surface area (Å²) in [6.07, 6.45) is 4.07. The molecule has 0 radical (unpaired) electrons. The predicted molar refractivity (Wildman–Crippen MR) is 156 cm³/mol. The van der Waals surface area contributed by atoms with E-state index in [1.54, 1.807) is 30.9 Å². The highest BCUT2D eigenvalue weighted by molar-refractivity contribution is 8.27. The second-order valence-corrected chi connectivity index (χ2v) is 10.6. The van der Waals surface area contributed by atoms with Crippen molar-refractivity contribution in [1.29, 1.82) is 0 Å². The number of fused-ring (bicyclic) bond motifs is 1. The predicted octanol–water partition coefficient (Wildman–Crippen LogP) is 4.03. The number of benzene rings is 1. The molecule has 11 heteroatoms. The third-order valence-corrected chi connectivity index (χ3v) is 7.67. The van der Waals surface area contributed by atoms with Gasteiger partial charge in [0.05, 0.1) is 21.8 Å². The number of nitrogens with zero attached hydrogens (tertiary/aromatic N) is 5. The Balaban J connectivity index is 1.62. The second-order valence-electron chi connectivity index (χ2n) is 8.97. The first kappa shape index (κ1) is 25.7. The zero-order valence-electron chi connectivity index (χ0n) is 21.4. The van der Waals surface area contributed by atoms with Crippen molar-refractivity contribution in [1.82, 2.24) is 18.7 Å². The van der Waals surface area contributed by atoms with E-state index in [4.69, 9.17) is 12.2 Å². The number of hydrogen-bond acceptors (Lipinski definition) is 7. The number of aromatic nitrogens is 4. The molecular formula is C27H26N6O3S2. The Kier molecular flexibility index (Phi) is 6.80. The molecule has 38 heavy (non-hydrogen) atoms. The molecule has 0 aliphatic carbocycles. The minimum atomic E-state index is -0.457. The van der Waals surface area contributed by atoms with Gasteiger partial charge in [-0.15, -0.1) is 0 Å². The minimum absolute atomic E-state index is 0.190. The normalized spacial score (nSPS) is 14.7. The molecular weight excluding hydrogens is 520 g/mol. The van der Waals surface area contributed by atoms with Crippen LogP contribution >= 0.6 is 24.0 Å². The van der Waals surface area contributed by atoms with E-state index in [-0.39, 0.29) is 31.6 Å². The van der Waals surface area contributed by atoms with Gasteiger partial charge in [-0.1, -0.05) is 55.2 Å². The average Bonchev–Trinajstić information content (AvgIpc) is 3.30. The Bertz CT molecular complexity index is 1750. The van der Waals surface area contributed by atoms with Crippen LogP contribution in [0, 0.1) is 13.8 Å². The number of nitrogens with one attached hydrogen (secondary N) is 1. The van der Waals surface area contributed by atoms with Gasteiger partial charge in [0.15, 0.2) is 4.32 Å². The van der Waals surface area contributed by atoms with Crippen LogP contribution in [0.4, 0.5) is 11.5 Å². The van der Waals surface area contributed by atoms with Crippen molar-refractivity contribution < 1.29 is 4.79 Å². The van der Waals surface area contributed by atoms with Crippen LogP contribution in [-0.2, 0) is 11.8 Å². The number of pyridine rings is 1. The number of thioether (sulfide) groups is 1. The van der Waals surface area contributed by atoms with E-state index in [0.717, 1.165) is 23.7 Å². The monoisotopic (exact) mass is 546 g/mol. The standard InChI is InChI=1S/C27H26N6O3S2/c1-5-13-28-23-19(24(34)31-15-16(2)11-12-21(31)29-23)14-20-25(35)32(27(37)38-20)22-17(3)30(4)33(26(22)36)18-9-7-6-8-10-18/h6-12,14-15,28H,5,13H2,1-4H3. The van der Waals surface area contributed by atoms with Crippen LogP contribution in [0.5, 0.6) is 0 Å². The summed E-state index contributed by atoms with van der Waals surface area (Å²) < 4.78 is 4.89. The van der Waals surface area contributed by atoms with Gasteiger partial charge in [-0.05, 0) is 50.1 Å². The fourth-order valence-electron chi connectivity index (χ4n) is 4.37. The molecule has 9 nitrogen and oxygen atoms in total. The van der Waals surface area contributed by atoms with E-state index in [9.17, 15) is 14.4 Å². The van der Waals surface area contributed by atoms with Crippen LogP contribution in [0.3, 0.4) is 0 Å². The van der Waals surface area contributed by atoms with Gasteiger partial charge >= 0.3 is 0 Å². The van der Waals surface area contributed by atoms with Gasteiger partial charge in [0.2, 0.25) is 0 Å². The molecule has 1 aliphatic rings. The minimum Gasteiger partial charge on any atom is -0.369 e. The molecule has 1 N–H and O–H groups in total. The van der Waals surface area contributed by atoms with E-state index >= 15 is 0 Å². The molecule has 0 bridgehead atoms. The number of aryl methyl sites for hydroxylation is 1. The molecule has 0 saturated carbocycles. The van der Waals surface area contributed by atoms with E-state index in [1.807, 2.05) is 50.2 Å². The smallest absolute Gasteiger partial charge is 0.296 e. The van der Waals surface area contributed by atoms with Crippen molar-refractivity contribution >= 4 is 57.4 Å². The Morgan fingerprint density at radius 2 is 1.79 bits per heavy atom. The zero-order valence-corrected chi connectivity index (χ0v) is 23.0. The molecule has 4 heterocycles. The lowest BCUT2D eigenvalue weighted by Crippen LogP contribution is -2.33. The molecule has 1 amide bonds. The van der Waals surface area contributed by atoms with Crippen molar-refractivity contribution in [3.05, 3.63) is 91.1 Å². The third kappa shape index (κ3) is 4.27. The number of rotatable bonds is 6. The Labute approximate surface area is 228 Å². The number of anilines is 2. The van der Waals surface area contributed by atoms with Crippen LogP contribution in [0.1, 0.15) is 30.2 Å². The van der Waals surface area contributed by atoms with Gasteiger partial charge in [-0.3, -0.25) is 28.4 Å². The topological polar surface area (TPSA) is 93.6 Å². The Morgan fingerprint density at radius 3 is 2.50 bits per heavy atom. The molecule has 0 spiro atoms. The second kappa shape index (κ2) is 10.1. The molecule has 5 rings (SSSR count). The van der Waals surface area contributed by atoms with Crippen molar-refractivity contribution in [2.75, 3.05) is 16.8 Å². The Morgan fingerprint density at radius 1 is 1.05 bits per heavy atom. The summed E-state index contributed by atoms with van der Waals surface area (Å²) in [6, 6.07) is 12.9. The Hall–Kier alpha value is -3.96. The fourth-order valence-corrected chi connectivity index (χ4v) is 5.62. The molecule has 3 aromatic heterocycles. The van der Waals surface area contributed by atoms with E-state index in [2.05, 4.69) is 10.3 Å². The highest BCUT2D eigenvalue weighted by atomic mass is 32.2. The summed E-state index contributed by atoms with van der Waals surface area (Å²) in [6.45, 7) is 6.29. The van der Waals surface area contributed by atoms with Gasteiger partial charge in [0.1, 0.15) is 17.2 Å². The van der Waals surface area contributed by atoms with E-state index in [0.29, 0.717) is 29.4 Å². The molecule has 194 valence electrons. The summed E-state index contributed by atoms with van der Waals surface area (Å²) in [4.78, 5) is 46.9. The first-order chi connectivity index (χ1) is 18.2. The highest BCUT2D eigenvalue weighted by Crippen LogP contribution is 2.36. The van der Waals surface area contributed by atoms with Crippen LogP contribution in [0.2, 0.25) is 0 Å². The maximum Gasteiger partial charge on any atom is 0.296 e. The molecule has 1 aliphatic heterocycles. The van der Waals surface area contributed by atoms with Crippen molar-refractivity contribution in [2.45, 2.75) is 27.2 Å². The largest absolute Gasteiger partial charge is 0.369 e. The lowest BCUT2D eigenvalue weighted by molar-refractivity contribution is -0.113. The molecule has 1 fully saturated rings. The quantitative estimate of drug-likeness (QED) is 0.288. The first-order valence-electron chi connectivity index (χ1n) is 12.1.